The van der Waals surface area contributed by atoms with Crippen LogP contribution in [-0.2, 0) is 11.8 Å². The van der Waals surface area contributed by atoms with Gasteiger partial charge in [-0.05, 0) is 37.3 Å². The molecule has 1 saturated heterocycles. The van der Waals surface area contributed by atoms with Crippen LogP contribution in [0.4, 0.5) is 5.69 Å². The Balaban J connectivity index is 0.00000140. The second-order valence-electron chi connectivity index (χ2n) is 7.61. The number of amides is 1. The van der Waals surface area contributed by atoms with E-state index in [-0.39, 0.29) is 24.2 Å². The molecule has 0 saturated carbocycles. The summed E-state index contributed by atoms with van der Waals surface area (Å²) in [5.74, 6) is -0.700. The molecule has 2 heterocycles. The highest BCUT2D eigenvalue weighted by molar-refractivity contribution is 6.30. The lowest BCUT2D eigenvalue weighted by molar-refractivity contribution is 0.0523. The fourth-order valence-corrected chi connectivity index (χ4v) is 4.23. The number of piperazine rings is 1. The van der Waals surface area contributed by atoms with Gasteiger partial charge in [0.1, 0.15) is 5.56 Å². The van der Waals surface area contributed by atoms with Crippen molar-refractivity contribution in [3.63, 3.8) is 0 Å². The van der Waals surface area contributed by atoms with Crippen LogP contribution in [0, 0.1) is 0 Å². The number of carbonyl (C=O) groups is 2. The number of aryl methyl sites for hydroxylation is 1. The van der Waals surface area contributed by atoms with Gasteiger partial charge in [0, 0.05) is 49.2 Å². The van der Waals surface area contributed by atoms with Crippen LogP contribution in [0.15, 0.2) is 53.3 Å². The van der Waals surface area contributed by atoms with Crippen LogP contribution >= 0.6 is 11.6 Å². The molecule has 1 fully saturated rings. The minimum Gasteiger partial charge on any atom is -0.462 e. The van der Waals surface area contributed by atoms with Crippen molar-refractivity contribution in [3.8, 4) is 0 Å². The Bertz CT molecular complexity index is 1230. The van der Waals surface area contributed by atoms with Crippen LogP contribution in [0.25, 0.3) is 10.9 Å². The number of pyridine rings is 1. The average Bonchev–Trinajstić information content (AvgIpc) is 2.87. The van der Waals surface area contributed by atoms with Gasteiger partial charge in [-0.15, -0.1) is 0 Å². The van der Waals surface area contributed by atoms with Crippen molar-refractivity contribution in [1.82, 2.24) is 15.6 Å². The van der Waals surface area contributed by atoms with Gasteiger partial charge in [-0.25, -0.2) is 4.79 Å². The molecule has 1 amide bonds. The highest BCUT2D eigenvalue weighted by atomic mass is 35.5. The molecule has 0 unspecified atom stereocenters. The van der Waals surface area contributed by atoms with Crippen molar-refractivity contribution in [1.29, 1.82) is 0 Å². The molecule has 0 radical (unpaired) electrons. The predicted octanol–water partition coefficient (Wildman–Crippen LogP) is 4.52. The largest absolute Gasteiger partial charge is 0.462 e. The Kier molecular flexibility index (Phi) is 9.86. The summed E-state index contributed by atoms with van der Waals surface area (Å²) in [5, 5.41) is 1.38. The number of para-hydroxylation sites is 1. The van der Waals surface area contributed by atoms with Gasteiger partial charge in [-0.3, -0.25) is 9.59 Å². The van der Waals surface area contributed by atoms with Crippen LogP contribution in [0.2, 0.25) is 5.02 Å². The van der Waals surface area contributed by atoms with Gasteiger partial charge in [-0.2, -0.15) is 0 Å². The second kappa shape index (κ2) is 12.4. The van der Waals surface area contributed by atoms with Gasteiger partial charge in [0.15, 0.2) is 0 Å². The van der Waals surface area contributed by atoms with Gasteiger partial charge in [0.05, 0.1) is 17.8 Å². The fraction of sp³-hybridized carbons (Fsp3) is 0.346. The number of rotatable bonds is 4. The number of benzene rings is 2. The summed E-state index contributed by atoms with van der Waals surface area (Å²) in [5.41, 5.74) is 1.53. The third-order valence-electron chi connectivity index (χ3n) is 5.73. The van der Waals surface area contributed by atoms with E-state index in [4.69, 9.17) is 16.3 Å². The van der Waals surface area contributed by atoms with Crippen LogP contribution < -0.4 is 16.6 Å². The lowest BCUT2D eigenvalue weighted by Gasteiger charge is -2.37. The van der Waals surface area contributed by atoms with E-state index in [1.165, 1.54) is 4.57 Å². The van der Waals surface area contributed by atoms with Crippen molar-refractivity contribution < 1.29 is 14.3 Å². The molecular weight excluding hydrogens is 468 g/mol. The first kappa shape index (κ1) is 27.9. The topological polar surface area (TPSA) is 107 Å². The molecular formula is C26H33ClN4O4. The number of esters is 1. The van der Waals surface area contributed by atoms with Gasteiger partial charge >= 0.3 is 5.97 Å². The summed E-state index contributed by atoms with van der Waals surface area (Å²) in [6.07, 6.45) is 0. The molecule has 0 aliphatic carbocycles. The number of hydrogen-bond donors (Lipinski definition) is 1. The predicted molar refractivity (Wildman–Crippen MR) is 141 cm³/mol. The molecule has 2 aromatic carbocycles. The first-order valence-corrected chi connectivity index (χ1v) is 11.9. The lowest BCUT2D eigenvalue weighted by atomic mass is 10.1. The molecule has 3 aromatic rings. The first-order valence-electron chi connectivity index (χ1n) is 11.5. The van der Waals surface area contributed by atoms with Crippen LogP contribution in [0.3, 0.4) is 0 Å². The van der Waals surface area contributed by atoms with Gasteiger partial charge in [-0.1, -0.05) is 43.6 Å². The molecule has 0 atom stereocenters. The molecule has 35 heavy (non-hydrogen) atoms. The molecule has 0 bridgehead atoms. The Morgan fingerprint density at radius 2 is 1.57 bits per heavy atom. The molecule has 1 aliphatic rings. The lowest BCUT2D eigenvalue weighted by Crippen LogP contribution is -2.49. The van der Waals surface area contributed by atoms with Crippen molar-refractivity contribution in [2.75, 3.05) is 37.7 Å². The summed E-state index contributed by atoms with van der Waals surface area (Å²) < 4.78 is 6.69. The van der Waals surface area contributed by atoms with Gasteiger partial charge in [0.25, 0.3) is 11.5 Å². The minimum atomic E-state index is -0.631. The number of anilines is 1. The number of fused-ring (bicyclic) bond motifs is 1. The third kappa shape index (κ3) is 5.66. The maximum Gasteiger partial charge on any atom is 0.345 e. The third-order valence-corrected chi connectivity index (χ3v) is 5.98. The van der Waals surface area contributed by atoms with E-state index >= 15 is 0 Å². The number of carbonyl (C=O) groups excluding carboxylic acids is 2. The summed E-state index contributed by atoms with van der Waals surface area (Å²) in [6.45, 7) is 7.80. The Labute approximate surface area is 210 Å². The zero-order valence-electron chi connectivity index (χ0n) is 20.7. The van der Waals surface area contributed by atoms with E-state index in [0.29, 0.717) is 42.5 Å². The van der Waals surface area contributed by atoms with Crippen molar-refractivity contribution in [3.05, 3.63) is 75.0 Å². The molecule has 188 valence electrons. The number of aromatic nitrogens is 1. The fourth-order valence-electron chi connectivity index (χ4n) is 4.10. The van der Waals surface area contributed by atoms with E-state index in [2.05, 4.69) is 0 Å². The highest BCUT2D eigenvalue weighted by Gasteiger charge is 2.29. The summed E-state index contributed by atoms with van der Waals surface area (Å²) in [7, 11) is 1.65. The number of hydrogen-bond acceptors (Lipinski definition) is 6. The normalized spacial score (nSPS) is 12.9. The SMILES string of the molecule is CC.CCOC(=O)c1c(N2CCN(C(=O)c3ccc(Cl)cc3)CC2)c2ccccc2n(C)c1=O.N. The maximum atomic E-state index is 13.1. The van der Waals surface area contributed by atoms with E-state index in [1.807, 2.05) is 43.0 Å². The molecule has 1 aliphatic heterocycles. The molecule has 8 nitrogen and oxygen atoms in total. The zero-order valence-corrected chi connectivity index (χ0v) is 21.5. The summed E-state index contributed by atoms with van der Waals surface area (Å²) in [6, 6.07) is 14.3. The second-order valence-corrected chi connectivity index (χ2v) is 8.05. The zero-order chi connectivity index (χ0) is 24.8. The summed E-state index contributed by atoms with van der Waals surface area (Å²) >= 11 is 5.93. The number of halogens is 1. The van der Waals surface area contributed by atoms with Crippen molar-refractivity contribution in [2.45, 2.75) is 20.8 Å². The minimum absolute atomic E-state index is 0. The highest BCUT2D eigenvalue weighted by Crippen LogP contribution is 2.30. The van der Waals surface area contributed by atoms with Crippen LogP contribution in [0.1, 0.15) is 41.5 Å². The monoisotopic (exact) mass is 500 g/mol. The van der Waals surface area contributed by atoms with Gasteiger partial charge < -0.3 is 25.3 Å². The van der Waals surface area contributed by atoms with Gasteiger partial charge in [0.2, 0.25) is 0 Å². The molecule has 3 N–H and O–H groups in total. The van der Waals surface area contributed by atoms with E-state index in [0.717, 1.165) is 10.9 Å². The Morgan fingerprint density at radius 3 is 2.17 bits per heavy atom. The first-order chi connectivity index (χ1) is 16.4. The Hall–Kier alpha value is -3.36. The standard InChI is InChI=1S/C24H24ClN3O4.C2H6.H3N/c1-3-32-24(31)20-21(18-6-4-5-7-19(18)26(2)23(20)30)27-12-14-28(15-13-27)22(29)16-8-10-17(25)11-9-16;1-2;/h4-11H,3,12-15H2,1-2H3;1-2H3;1H3. The van der Waals surface area contributed by atoms with Crippen LogP contribution in [-0.4, -0.2) is 54.1 Å². The molecule has 0 spiro atoms. The molecule has 4 rings (SSSR count). The average molecular weight is 501 g/mol. The molecule has 9 heteroatoms. The number of ether oxygens (including phenoxy) is 1. The maximum absolute atomic E-state index is 13.1. The van der Waals surface area contributed by atoms with Crippen molar-refractivity contribution >= 4 is 40.1 Å². The van der Waals surface area contributed by atoms with E-state index < -0.39 is 11.5 Å². The summed E-state index contributed by atoms with van der Waals surface area (Å²) in [4.78, 5) is 42.5. The molecule has 1 aromatic heterocycles. The van der Waals surface area contributed by atoms with E-state index in [1.54, 1.807) is 43.1 Å². The van der Waals surface area contributed by atoms with Crippen molar-refractivity contribution in [2.24, 2.45) is 7.05 Å². The van der Waals surface area contributed by atoms with Crippen LogP contribution in [0.5, 0.6) is 0 Å². The van der Waals surface area contributed by atoms with E-state index in [9.17, 15) is 14.4 Å². The Morgan fingerprint density at radius 1 is 0.971 bits per heavy atom. The number of nitrogens with zero attached hydrogens (tertiary/aromatic N) is 3. The quantitative estimate of drug-likeness (QED) is 0.528. The smallest absolute Gasteiger partial charge is 0.345 e.